The van der Waals surface area contributed by atoms with Gasteiger partial charge in [-0.25, -0.2) is 4.98 Å². The number of aromatic nitrogens is 1. The smallest absolute Gasteiger partial charge is 0.103 e. The van der Waals surface area contributed by atoms with E-state index in [1.807, 2.05) is 0 Å². The lowest BCUT2D eigenvalue weighted by Gasteiger charge is -2.19. The molecule has 1 nitrogen and oxygen atoms in total. The van der Waals surface area contributed by atoms with E-state index in [4.69, 9.17) is 0 Å². The summed E-state index contributed by atoms with van der Waals surface area (Å²) < 4.78 is 0. The Morgan fingerprint density at radius 3 is 2.77 bits per heavy atom. The zero-order chi connectivity index (χ0) is 9.10. The molecule has 0 aliphatic heterocycles. The van der Waals surface area contributed by atoms with Crippen molar-refractivity contribution in [2.75, 3.05) is 0 Å². The van der Waals surface area contributed by atoms with Crippen LogP contribution in [0.25, 0.3) is 0 Å². The molecule has 0 unspecified atom stereocenters. The molecule has 0 bridgehead atoms. The fourth-order valence-corrected chi connectivity index (χ4v) is 3.22. The monoisotopic (exact) mass is 259 g/mol. The van der Waals surface area contributed by atoms with E-state index in [1.54, 1.807) is 11.3 Å². The molecule has 3 heteroatoms. The molecule has 1 aromatic heterocycles. The predicted octanol–water partition coefficient (Wildman–Crippen LogP) is 4.09. The molecule has 1 heterocycles. The number of nitrogens with zero attached hydrogens (tertiary/aromatic N) is 1. The van der Waals surface area contributed by atoms with Gasteiger partial charge in [0.1, 0.15) is 5.01 Å². The lowest BCUT2D eigenvalue weighted by molar-refractivity contribution is 0.437. The Morgan fingerprint density at radius 2 is 2.15 bits per heavy atom. The van der Waals surface area contributed by atoms with Gasteiger partial charge in [0.15, 0.2) is 0 Å². The molecular formula is C10H14BrNS. The van der Waals surface area contributed by atoms with Gasteiger partial charge in [-0.3, -0.25) is 0 Å². The van der Waals surface area contributed by atoms with Gasteiger partial charge in [0.05, 0.1) is 11.0 Å². The molecule has 0 aromatic carbocycles. The van der Waals surface area contributed by atoms with E-state index in [2.05, 4.69) is 26.3 Å². The molecular weight excluding hydrogens is 246 g/mol. The second-order valence-electron chi connectivity index (χ2n) is 3.63. The minimum Gasteiger partial charge on any atom is -0.245 e. The van der Waals surface area contributed by atoms with Crippen LogP contribution >= 0.6 is 27.3 Å². The van der Waals surface area contributed by atoms with E-state index >= 15 is 0 Å². The molecule has 1 aliphatic carbocycles. The number of rotatable bonds is 2. The van der Waals surface area contributed by atoms with E-state index in [1.165, 1.54) is 42.8 Å². The molecule has 1 aliphatic rings. The lowest BCUT2D eigenvalue weighted by atomic mass is 9.87. The standard InChI is InChI=1S/C10H14BrNS/c11-6-10-12-9(7-13-10)8-4-2-1-3-5-8/h7-8H,1-6H2. The van der Waals surface area contributed by atoms with E-state index in [9.17, 15) is 0 Å². The van der Waals surface area contributed by atoms with Gasteiger partial charge in [0.25, 0.3) is 0 Å². The summed E-state index contributed by atoms with van der Waals surface area (Å²) in [5.41, 5.74) is 1.35. The van der Waals surface area contributed by atoms with Crippen molar-refractivity contribution in [3.63, 3.8) is 0 Å². The van der Waals surface area contributed by atoms with Crippen molar-refractivity contribution in [1.82, 2.24) is 4.98 Å². The average molecular weight is 260 g/mol. The Morgan fingerprint density at radius 1 is 1.38 bits per heavy atom. The molecule has 72 valence electrons. The number of hydrogen-bond donors (Lipinski definition) is 0. The molecule has 13 heavy (non-hydrogen) atoms. The fraction of sp³-hybridized carbons (Fsp3) is 0.700. The van der Waals surface area contributed by atoms with Gasteiger partial charge in [-0.2, -0.15) is 0 Å². The highest BCUT2D eigenvalue weighted by molar-refractivity contribution is 9.08. The highest BCUT2D eigenvalue weighted by Gasteiger charge is 2.17. The summed E-state index contributed by atoms with van der Waals surface area (Å²) in [6.07, 6.45) is 6.92. The summed E-state index contributed by atoms with van der Waals surface area (Å²) in [6.45, 7) is 0. The maximum absolute atomic E-state index is 4.62. The van der Waals surface area contributed by atoms with E-state index < -0.39 is 0 Å². The fourth-order valence-electron chi connectivity index (χ4n) is 1.97. The molecule has 0 radical (unpaired) electrons. The Bertz CT molecular complexity index is 266. The summed E-state index contributed by atoms with van der Waals surface area (Å²) in [4.78, 5) is 4.62. The highest BCUT2D eigenvalue weighted by atomic mass is 79.9. The van der Waals surface area contributed by atoms with E-state index in [0.717, 1.165) is 11.2 Å². The van der Waals surface area contributed by atoms with Crippen molar-refractivity contribution < 1.29 is 0 Å². The molecule has 1 aromatic rings. The van der Waals surface area contributed by atoms with Crippen molar-refractivity contribution in [2.45, 2.75) is 43.4 Å². The van der Waals surface area contributed by atoms with Crippen LogP contribution in [0.5, 0.6) is 0 Å². The SMILES string of the molecule is BrCc1nc(C2CCCCC2)cs1. The largest absolute Gasteiger partial charge is 0.245 e. The van der Waals surface area contributed by atoms with Crippen LogP contribution in [0.2, 0.25) is 0 Å². The van der Waals surface area contributed by atoms with Crippen LogP contribution < -0.4 is 0 Å². The summed E-state index contributed by atoms with van der Waals surface area (Å²) in [6, 6.07) is 0. The van der Waals surface area contributed by atoms with Gasteiger partial charge >= 0.3 is 0 Å². The third-order valence-electron chi connectivity index (χ3n) is 2.71. The predicted molar refractivity (Wildman–Crippen MR) is 60.6 cm³/mol. The number of hydrogen-bond acceptors (Lipinski definition) is 2. The third kappa shape index (κ3) is 2.32. The van der Waals surface area contributed by atoms with Crippen molar-refractivity contribution in [2.24, 2.45) is 0 Å². The zero-order valence-corrected chi connectivity index (χ0v) is 10.0. The van der Waals surface area contributed by atoms with Gasteiger partial charge < -0.3 is 0 Å². The Labute approximate surface area is 91.7 Å². The Kier molecular flexibility index (Phi) is 3.39. The minimum atomic E-state index is 0.762. The van der Waals surface area contributed by atoms with Gasteiger partial charge in [0, 0.05) is 11.3 Å². The van der Waals surface area contributed by atoms with Gasteiger partial charge in [-0.1, -0.05) is 35.2 Å². The van der Waals surface area contributed by atoms with Crippen LogP contribution in [0.4, 0.5) is 0 Å². The minimum absolute atomic E-state index is 0.762. The zero-order valence-electron chi connectivity index (χ0n) is 7.63. The van der Waals surface area contributed by atoms with Gasteiger partial charge in [-0.15, -0.1) is 11.3 Å². The maximum atomic E-state index is 4.62. The van der Waals surface area contributed by atoms with E-state index in [-0.39, 0.29) is 0 Å². The topological polar surface area (TPSA) is 12.9 Å². The summed E-state index contributed by atoms with van der Waals surface area (Å²) in [5, 5.41) is 4.37. The first-order valence-corrected chi connectivity index (χ1v) is 6.90. The Balaban J connectivity index is 2.05. The molecule has 0 amide bonds. The van der Waals surface area contributed by atoms with Crippen LogP contribution in [0, 0.1) is 0 Å². The summed E-state index contributed by atoms with van der Waals surface area (Å²) >= 11 is 5.23. The maximum Gasteiger partial charge on any atom is 0.103 e. The summed E-state index contributed by atoms with van der Waals surface area (Å²) in [5.74, 6) is 0.762. The van der Waals surface area contributed by atoms with Crippen LogP contribution in [-0.2, 0) is 5.33 Å². The van der Waals surface area contributed by atoms with Crippen LogP contribution in [0.15, 0.2) is 5.38 Å². The van der Waals surface area contributed by atoms with Crippen molar-refractivity contribution >= 4 is 27.3 Å². The lowest BCUT2D eigenvalue weighted by Crippen LogP contribution is -2.04. The first kappa shape index (κ1) is 9.66. The second-order valence-corrected chi connectivity index (χ2v) is 5.14. The average Bonchev–Trinajstić information content (AvgIpc) is 2.67. The first-order chi connectivity index (χ1) is 6.40. The molecule has 1 saturated carbocycles. The van der Waals surface area contributed by atoms with Crippen molar-refractivity contribution in [3.8, 4) is 0 Å². The number of thiazole rings is 1. The molecule has 0 atom stereocenters. The van der Waals surface area contributed by atoms with Crippen molar-refractivity contribution in [1.29, 1.82) is 0 Å². The molecule has 0 N–H and O–H groups in total. The summed E-state index contributed by atoms with van der Waals surface area (Å²) in [7, 11) is 0. The molecule has 2 rings (SSSR count). The number of alkyl halides is 1. The van der Waals surface area contributed by atoms with Gasteiger partial charge in [0.2, 0.25) is 0 Å². The van der Waals surface area contributed by atoms with Crippen LogP contribution in [0.1, 0.15) is 48.7 Å². The molecule has 0 spiro atoms. The van der Waals surface area contributed by atoms with E-state index in [0.29, 0.717) is 0 Å². The first-order valence-electron chi connectivity index (χ1n) is 4.90. The quantitative estimate of drug-likeness (QED) is 0.730. The highest BCUT2D eigenvalue weighted by Crippen LogP contribution is 2.33. The normalized spacial score (nSPS) is 19.2. The molecule has 1 fully saturated rings. The van der Waals surface area contributed by atoms with Crippen LogP contribution in [-0.4, -0.2) is 4.98 Å². The van der Waals surface area contributed by atoms with Crippen LogP contribution in [0.3, 0.4) is 0 Å². The molecule has 0 saturated heterocycles. The third-order valence-corrected chi connectivity index (χ3v) is 4.48. The number of halogens is 1. The van der Waals surface area contributed by atoms with Crippen molar-refractivity contribution in [3.05, 3.63) is 16.1 Å². The second kappa shape index (κ2) is 4.56. The van der Waals surface area contributed by atoms with Gasteiger partial charge in [-0.05, 0) is 12.8 Å². The Hall–Kier alpha value is 0.110.